The van der Waals surface area contributed by atoms with Gasteiger partial charge in [0.1, 0.15) is 0 Å². The van der Waals surface area contributed by atoms with E-state index in [0.717, 1.165) is 35.6 Å². The van der Waals surface area contributed by atoms with Crippen molar-refractivity contribution >= 4 is 23.4 Å². The number of allylic oxidation sites excluding steroid dienone is 1. The van der Waals surface area contributed by atoms with Crippen LogP contribution in [0.1, 0.15) is 38.5 Å². The number of aromatic nitrogens is 1. The van der Waals surface area contributed by atoms with Crippen LogP contribution in [0.25, 0.3) is 0 Å². The molecule has 5 heteroatoms. The summed E-state index contributed by atoms with van der Waals surface area (Å²) in [5.41, 5.74) is 2.01. The fourth-order valence-electron chi connectivity index (χ4n) is 2.31. The van der Waals surface area contributed by atoms with E-state index in [2.05, 4.69) is 16.4 Å². The van der Waals surface area contributed by atoms with Gasteiger partial charge in [-0.3, -0.25) is 9.78 Å². The van der Waals surface area contributed by atoms with Gasteiger partial charge in [-0.05, 0) is 38.2 Å². The van der Waals surface area contributed by atoms with E-state index >= 15 is 0 Å². The zero-order valence-electron chi connectivity index (χ0n) is 12.2. The Kier molecular flexibility index (Phi) is 6.76. The van der Waals surface area contributed by atoms with E-state index < -0.39 is 0 Å². The number of hydrogen-bond donors (Lipinski definition) is 2. The summed E-state index contributed by atoms with van der Waals surface area (Å²) < 4.78 is 0. The van der Waals surface area contributed by atoms with E-state index in [9.17, 15) is 4.79 Å². The quantitative estimate of drug-likeness (QED) is 0.460. The largest absolute Gasteiger partial charge is 0.396 e. The van der Waals surface area contributed by atoms with E-state index in [1.54, 1.807) is 24.2 Å². The van der Waals surface area contributed by atoms with Crippen molar-refractivity contribution in [1.29, 1.82) is 0 Å². The second-order valence-electron chi connectivity index (χ2n) is 5.13. The topological polar surface area (TPSA) is 62.2 Å². The maximum absolute atomic E-state index is 12.1. The lowest BCUT2D eigenvalue weighted by Crippen LogP contribution is -2.14. The molecule has 0 saturated heterocycles. The monoisotopic (exact) mass is 306 g/mol. The molecule has 1 aliphatic carbocycles. The molecular formula is C16H22N2O2S. The van der Waals surface area contributed by atoms with Crippen LogP contribution in [0.2, 0.25) is 0 Å². The van der Waals surface area contributed by atoms with Crippen molar-refractivity contribution in [2.75, 3.05) is 17.7 Å². The zero-order valence-corrected chi connectivity index (χ0v) is 13.0. The smallest absolute Gasteiger partial charge is 0.228 e. The van der Waals surface area contributed by atoms with Crippen molar-refractivity contribution in [1.82, 2.24) is 4.98 Å². The average molecular weight is 306 g/mol. The Labute approximate surface area is 130 Å². The van der Waals surface area contributed by atoms with E-state index in [4.69, 9.17) is 5.11 Å². The Morgan fingerprint density at radius 3 is 3.10 bits per heavy atom. The fraction of sp³-hybridized carbons (Fsp3) is 0.500. The maximum Gasteiger partial charge on any atom is 0.228 e. The first-order chi connectivity index (χ1) is 10.3. The number of aliphatic hydroxyl groups is 1. The molecule has 2 N–H and O–H groups in total. The van der Waals surface area contributed by atoms with E-state index in [-0.39, 0.29) is 12.5 Å². The first-order valence-corrected chi connectivity index (χ1v) is 8.43. The number of amides is 1. The van der Waals surface area contributed by atoms with Crippen LogP contribution in [-0.2, 0) is 4.79 Å². The highest BCUT2D eigenvalue weighted by Crippen LogP contribution is 2.27. The van der Waals surface area contributed by atoms with Gasteiger partial charge in [0.15, 0.2) is 0 Å². The number of pyridine rings is 1. The van der Waals surface area contributed by atoms with Gasteiger partial charge >= 0.3 is 0 Å². The molecule has 1 heterocycles. The lowest BCUT2D eigenvalue weighted by atomic mass is 9.97. The molecule has 1 aromatic heterocycles. The summed E-state index contributed by atoms with van der Waals surface area (Å²) in [4.78, 5) is 17.2. The summed E-state index contributed by atoms with van der Waals surface area (Å²) in [5.74, 6) is 0.856. The van der Waals surface area contributed by atoms with Crippen LogP contribution in [0, 0.1) is 0 Å². The van der Waals surface area contributed by atoms with Gasteiger partial charge in [-0.25, -0.2) is 0 Å². The highest BCUT2D eigenvalue weighted by Gasteiger charge is 2.11. The summed E-state index contributed by atoms with van der Waals surface area (Å²) in [6.45, 7) is 0.188. The van der Waals surface area contributed by atoms with Crippen molar-refractivity contribution in [3.63, 3.8) is 0 Å². The molecule has 0 spiro atoms. The van der Waals surface area contributed by atoms with E-state index in [0.29, 0.717) is 6.42 Å². The van der Waals surface area contributed by atoms with Gasteiger partial charge in [-0.2, -0.15) is 0 Å². The molecular weight excluding hydrogens is 284 g/mol. The Morgan fingerprint density at radius 1 is 1.43 bits per heavy atom. The summed E-state index contributed by atoms with van der Waals surface area (Å²) in [6.07, 6.45) is 11.4. The van der Waals surface area contributed by atoms with E-state index in [1.165, 1.54) is 18.4 Å². The minimum atomic E-state index is 0.0279. The molecule has 4 nitrogen and oxygen atoms in total. The minimum absolute atomic E-state index is 0.0279. The summed E-state index contributed by atoms with van der Waals surface area (Å²) >= 11 is 1.63. The standard InChI is InChI=1S/C16H22N2O2S/c19-9-4-10-21-15-7-8-17-12-14(15)18-16(20)11-13-5-2-1-3-6-13/h5,7-8,12,19H,1-4,6,9-11H2,(H,18,20). The second kappa shape index (κ2) is 8.85. The van der Waals surface area contributed by atoms with Gasteiger partial charge < -0.3 is 10.4 Å². The van der Waals surface area contributed by atoms with Gasteiger partial charge in [0.25, 0.3) is 0 Å². The number of nitrogens with zero attached hydrogens (tertiary/aromatic N) is 1. The van der Waals surface area contributed by atoms with Crippen LogP contribution in [0.4, 0.5) is 5.69 Å². The third-order valence-corrected chi connectivity index (χ3v) is 4.55. The summed E-state index contributed by atoms with van der Waals surface area (Å²) in [7, 11) is 0. The second-order valence-corrected chi connectivity index (χ2v) is 6.27. The lowest BCUT2D eigenvalue weighted by molar-refractivity contribution is -0.115. The zero-order chi connectivity index (χ0) is 14.9. The van der Waals surface area contributed by atoms with Crippen molar-refractivity contribution in [3.05, 3.63) is 30.1 Å². The van der Waals surface area contributed by atoms with Crippen LogP contribution in [-0.4, -0.2) is 28.4 Å². The number of nitrogens with one attached hydrogen (secondary N) is 1. The lowest BCUT2D eigenvalue weighted by Gasteiger charge is -2.14. The maximum atomic E-state index is 12.1. The van der Waals surface area contributed by atoms with Crippen LogP contribution in [0.5, 0.6) is 0 Å². The minimum Gasteiger partial charge on any atom is -0.396 e. The number of aliphatic hydroxyl groups excluding tert-OH is 1. The molecule has 1 amide bonds. The van der Waals surface area contributed by atoms with Crippen molar-refractivity contribution < 1.29 is 9.90 Å². The molecule has 1 aliphatic rings. The molecule has 21 heavy (non-hydrogen) atoms. The Balaban J connectivity index is 1.91. The summed E-state index contributed by atoms with van der Waals surface area (Å²) in [6, 6.07) is 1.90. The predicted molar refractivity (Wildman–Crippen MR) is 86.5 cm³/mol. The van der Waals surface area contributed by atoms with Crippen LogP contribution in [0.15, 0.2) is 35.0 Å². The van der Waals surface area contributed by atoms with Gasteiger partial charge in [0.05, 0.1) is 11.9 Å². The van der Waals surface area contributed by atoms with Crippen LogP contribution in [0.3, 0.4) is 0 Å². The summed E-state index contributed by atoms with van der Waals surface area (Å²) in [5, 5.41) is 11.8. The normalized spacial score (nSPS) is 14.6. The molecule has 0 aliphatic heterocycles. The first-order valence-electron chi connectivity index (χ1n) is 7.45. The van der Waals surface area contributed by atoms with E-state index in [1.807, 2.05) is 6.07 Å². The number of carbonyl (C=O) groups excluding carboxylic acids is 1. The fourth-order valence-corrected chi connectivity index (χ4v) is 3.22. The van der Waals surface area contributed by atoms with Crippen LogP contribution < -0.4 is 5.32 Å². The number of carbonyl (C=O) groups is 1. The molecule has 0 saturated carbocycles. The van der Waals surface area contributed by atoms with Gasteiger partial charge in [0.2, 0.25) is 5.91 Å². The number of hydrogen-bond acceptors (Lipinski definition) is 4. The number of rotatable bonds is 7. The highest BCUT2D eigenvalue weighted by atomic mass is 32.2. The van der Waals surface area contributed by atoms with Crippen molar-refractivity contribution in [2.24, 2.45) is 0 Å². The molecule has 1 aromatic rings. The average Bonchev–Trinajstić information content (AvgIpc) is 2.50. The van der Waals surface area contributed by atoms with Gasteiger partial charge in [0, 0.05) is 29.9 Å². The molecule has 0 aromatic carbocycles. The van der Waals surface area contributed by atoms with Gasteiger partial charge in [-0.1, -0.05) is 11.6 Å². The van der Waals surface area contributed by atoms with Crippen LogP contribution >= 0.6 is 11.8 Å². The molecule has 0 fully saturated rings. The molecule has 2 rings (SSSR count). The number of anilines is 1. The Hall–Kier alpha value is -1.33. The van der Waals surface area contributed by atoms with Crippen molar-refractivity contribution in [3.8, 4) is 0 Å². The third kappa shape index (κ3) is 5.52. The van der Waals surface area contributed by atoms with Gasteiger partial charge in [-0.15, -0.1) is 11.8 Å². The SMILES string of the molecule is O=C(CC1=CCCCC1)Nc1cnccc1SCCCO. The molecule has 0 bridgehead atoms. The predicted octanol–water partition coefficient (Wildman–Crippen LogP) is 3.39. The third-order valence-electron chi connectivity index (χ3n) is 3.39. The molecule has 0 unspecified atom stereocenters. The Bertz CT molecular complexity index is 503. The molecule has 114 valence electrons. The Morgan fingerprint density at radius 2 is 2.33 bits per heavy atom. The first kappa shape index (κ1) is 16.0. The molecule has 0 atom stereocenters. The highest BCUT2D eigenvalue weighted by molar-refractivity contribution is 7.99. The number of thioether (sulfide) groups is 1. The molecule has 0 radical (unpaired) electrons. The van der Waals surface area contributed by atoms with Crippen molar-refractivity contribution in [2.45, 2.75) is 43.4 Å².